The summed E-state index contributed by atoms with van der Waals surface area (Å²) < 4.78 is 0. The van der Waals surface area contributed by atoms with Crippen molar-refractivity contribution >= 4 is 23.0 Å². The fourth-order valence-electron chi connectivity index (χ4n) is 1.75. The summed E-state index contributed by atoms with van der Waals surface area (Å²) in [5, 5.41) is 14.4. The maximum Gasteiger partial charge on any atom is 0.293 e. The highest BCUT2D eigenvalue weighted by Crippen LogP contribution is 2.33. The fraction of sp³-hybridized carbons (Fsp3) is 0.273. The first-order chi connectivity index (χ1) is 7.68. The van der Waals surface area contributed by atoms with Crippen molar-refractivity contribution in [3.63, 3.8) is 0 Å². The number of nitro benzene ring substituents is 1. The number of hydrogen-bond acceptors (Lipinski definition) is 3. The Bertz CT molecular complexity index is 438. The van der Waals surface area contributed by atoms with E-state index in [9.17, 15) is 10.1 Å². The highest BCUT2D eigenvalue weighted by atomic mass is 35.5. The summed E-state index contributed by atoms with van der Waals surface area (Å²) in [5.74, 6) is 0. The van der Waals surface area contributed by atoms with Crippen LogP contribution in [0, 0.1) is 10.1 Å². The van der Waals surface area contributed by atoms with Crippen molar-refractivity contribution in [3.8, 4) is 0 Å². The van der Waals surface area contributed by atoms with E-state index < -0.39 is 4.92 Å². The van der Waals surface area contributed by atoms with Crippen molar-refractivity contribution in [3.05, 3.63) is 45.5 Å². The minimum absolute atomic E-state index is 0.0272. The molecular formula is C11H11ClN2O2. The Hall–Kier alpha value is -1.55. The smallest absolute Gasteiger partial charge is 0.293 e. The second kappa shape index (κ2) is 4.53. The van der Waals surface area contributed by atoms with Crippen molar-refractivity contribution in [2.45, 2.75) is 18.9 Å². The van der Waals surface area contributed by atoms with Crippen LogP contribution in [0.1, 0.15) is 12.8 Å². The van der Waals surface area contributed by atoms with E-state index in [-0.39, 0.29) is 11.7 Å². The third-order valence-electron chi connectivity index (χ3n) is 2.54. The standard InChI is InChI=1S/C11H11ClN2O2/c12-9-6-3-7-10(14(15)16)11(9)13-8-4-1-2-5-8/h1-3,6-8,13H,4-5H2. The molecule has 0 bridgehead atoms. The van der Waals surface area contributed by atoms with Gasteiger partial charge < -0.3 is 5.32 Å². The van der Waals surface area contributed by atoms with Gasteiger partial charge in [0.2, 0.25) is 0 Å². The van der Waals surface area contributed by atoms with Crippen molar-refractivity contribution in [2.24, 2.45) is 0 Å². The first kappa shape index (κ1) is 11.0. The molecule has 0 fully saturated rings. The Balaban J connectivity index is 2.27. The number of benzene rings is 1. The molecule has 1 aromatic rings. The molecule has 0 saturated carbocycles. The first-order valence-corrected chi connectivity index (χ1v) is 5.40. The zero-order chi connectivity index (χ0) is 11.5. The molecule has 0 aliphatic heterocycles. The monoisotopic (exact) mass is 238 g/mol. The number of anilines is 1. The quantitative estimate of drug-likeness (QED) is 0.499. The molecule has 1 aliphatic rings. The van der Waals surface area contributed by atoms with Crippen LogP contribution in [0.2, 0.25) is 5.02 Å². The molecule has 0 saturated heterocycles. The Labute approximate surface area is 98.1 Å². The van der Waals surface area contributed by atoms with E-state index in [4.69, 9.17) is 11.6 Å². The topological polar surface area (TPSA) is 55.2 Å². The second-order valence-electron chi connectivity index (χ2n) is 3.68. The molecule has 4 nitrogen and oxygen atoms in total. The van der Waals surface area contributed by atoms with Gasteiger partial charge in [-0.1, -0.05) is 29.8 Å². The predicted molar refractivity (Wildman–Crippen MR) is 63.9 cm³/mol. The predicted octanol–water partition coefficient (Wildman–Crippen LogP) is 3.38. The van der Waals surface area contributed by atoms with Crippen LogP contribution in [0.25, 0.3) is 0 Å². The summed E-state index contributed by atoms with van der Waals surface area (Å²) in [5.41, 5.74) is 0.447. The lowest BCUT2D eigenvalue weighted by Gasteiger charge is -2.14. The van der Waals surface area contributed by atoms with Gasteiger partial charge in [-0.3, -0.25) is 10.1 Å². The Morgan fingerprint density at radius 3 is 2.69 bits per heavy atom. The van der Waals surface area contributed by atoms with Gasteiger partial charge in [-0.05, 0) is 18.9 Å². The maximum atomic E-state index is 10.8. The summed E-state index contributed by atoms with van der Waals surface area (Å²) in [7, 11) is 0. The number of halogens is 1. The Kier molecular flexibility index (Phi) is 3.10. The van der Waals surface area contributed by atoms with Crippen molar-refractivity contribution in [2.75, 3.05) is 5.32 Å². The van der Waals surface area contributed by atoms with Crippen LogP contribution in [0.15, 0.2) is 30.4 Å². The van der Waals surface area contributed by atoms with Crippen LogP contribution in [0.5, 0.6) is 0 Å². The molecule has 1 aromatic carbocycles. The number of rotatable bonds is 3. The van der Waals surface area contributed by atoms with Gasteiger partial charge in [0.15, 0.2) is 0 Å². The molecule has 0 spiro atoms. The fourth-order valence-corrected chi connectivity index (χ4v) is 1.97. The molecule has 0 heterocycles. The molecule has 0 unspecified atom stereocenters. The first-order valence-electron chi connectivity index (χ1n) is 5.03. The highest BCUT2D eigenvalue weighted by molar-refractivity contribution is 6.33. The summed E-state index contributed by atoms with van der Waals surface area (Å²) in [6, 6.07) is 4.90. The molecule has 2 rings (SSSR count). The van der Waals surface area contributed by atoms with Gasteiger partial charge in [0.1, 0.15) is 5.69 Å². The average Bonchev–Trinajstić information content (AvgIpc) is 2.73. The van der Waals surface area contributed by atoms with Crippen LogP contribution >= 0.6 is 11.6 Å². The third-order valence-corrected chi connectivity index (χ3v) is 2.86. The molecule has 5 heteroatoms. The van der Waals surface area contributed by atoms with E-state index >= 15 is 0 Å². The molecule has 0 atom stereocenters. The lowest BCUT2D eigenvalue weighted by Crippen LogP contribution is -2.16. The van der Waals surface area contributed by atoms with Gasteiger partial charge in [0.25, 0.3) is 5.69 Å². The minimum Gasteiger partial charge on any atom is -0.375 e. The molecule has 84 valence electrons. The lowest BCUT2D eigenvalue weighted by atomic mass is 10.2. The molecule has 16 heavy (non-hydrogen) atoms. The van der Waals surface area contributed by atoms with Gasteiger partial charge in [0.05, 0.1) is 9.95 Å². The van der Waals surface area contributed by atoms with Gasteiger partial charge in [-0.15, -0.1) is 0 Å². The SMILES string of the molecule is O=[N+]([O-])c1cccc(Cl)c1NC1CC=CC1. The van der Waals surface area contributed by atoms with Crippen LogP contribution in [-0.4, -0.2) is 11.0 Å². The highest BCUT2D eigenvalue weighted by Gasteiger charge is 2.20. The van der Waals surface area contributed by atoms with E-state index in [0.717, 1.165) is 12.8 Å². The molecule has 0 amide bonds. The summed E-state index contributed by atoms with van der Waals surface area (Å²) in [4.78, 5) is 10.4. The molecular weight excluding hydrogens is 228 g/mol. The lowest BCUT2D eigenvalue weighted by molar-refractivity contribution is -0.384. The normalized spacial score (nSPS) is 15.3. The van der Waals surface area contributed by atoms with E-state index in [1.165, 1.54) is 6.07 Å². The number of hydrogen-bond donors (Lipinski definition) is 1. The average molecular weight is 239 g/mol. The van der Waals surface area contributed by atoms with Gasteiger partial charge in [-0.25, -0.2) is 0 Å². The zero-order valence-electron chi connectivity index (χ0n) is 8.52. The van der Waals surface area contributed by atoms with Crippen molar-refractivity contribution in [1.82, 2.24) is 0 Å². The molecule has 1 aliphatic carbocycles. The van der Waals surface area contributed by atoms with Gasteiger partial charge >= 0.3 is 0 Å². The van der Waals surface area contributed by atoms with E-state index in [1.807, 2.05) is 0 Å². The largest absolute Gasteiger partial charge is 0.375 e. The van der Waals surface area contributed by atoms with Crippen LogP contribution in [0.3, 0.4) is 0 Å². The van der Waals surface area contributed by atoms with Gasteiger partial charge in [0, 0.05) is 12.1 Å². The Morgan fingerprint density at radius 1 is 1.38 bits per heavy atom. The number of para-hydroxylation sites is 1. The number of nitro groups is 1. The van der Waals surface area contributed by atoms with Gasteiger partial charge in [-0.2, -0.15) is 0 Å². The molecule has 1 N–H and O–H groups in total. The maximum absolute atomic E-state index is 10.8. The molecule has 0 aromatic heterocycles. The number of nitrogens with zero attached hydrogens (tertiary/aromatic N) is 1. The summed E-state index contributed by atoms with van der Waals surface area (Å²) in [6.45, 7) is 0. The van der Waals surface area contributed by atoms with Crippen molar-refractivity contribution < 1.29 is 4.92 Å². The zero-order valence-corrected chi connectivity index (χ0v) is 9.28. The van der Waals surface area contributed by atoms with Crippen LogP contribution in [-0.2, 0) is 0 Å². The van der Waals surface area contributed by atoms with Crippen molar-refractivity contribution in [1.29, 1.82) is 0 Å². The van der Waals surface area contributed by atoms with E-state index in [1.54, 1.807) is 12.1 Å². The second-order valence-corrected chi connectivity index (χ2v) is 4.08. The summed E-state index contributed by atoms with van der Waals surface area (Å²) in [6.07, 6.45) is 5.87. The van der Waals surface area contributed by atoms with E-state index in [0.29, 0.717) is 10.7 Å². The number of nitrogens with one attached hydrogen (secondary N) is 1. The summed E-state index contributed by atoms with van der Waals surface area (Å²) >= 11 is 5.96. The van der Waals surface area contributed by atoms with Crippen LogP contribution < -0.4 is 5.32 Å². The molecule has 0 radical (unpaired) electrons. The van der Waals surface area contributed by atoms with E-state index in [2.05, 4.69) is 17.5 Å². The van der Waals surface area contributed by atoms with Crippen LogP contribution in [0.4, 0.5) is 11.4 Å². The Morgan fingerprint density at radius 2 is 2.06 bits per heavy atom. The minimum atomic E-state index is -0.420. The third kappa shape index (κ3) is 2.17.